The Labute approximate surface area is 125 Å². The Kier molecular flexibility index (Phi) is 8.37. The third kappa shape index (κ3) is 6.83. The maximum atomic E-state index is 5.97. The molecule has 0 N–H and O–H groups in total. The van der Waals surface area contributed by atoms with Gasteiger partial charge in [0.2, 0.25) is 0 Å². The molecule has 0 saturated heterocycles. The van der Waals surface area contributed by atoms with E-state index in [1.807, 2.05) is 18.2 Å². The van der Waals surface area contributed by atoms with Gasteiger partial charge in [-0.1, -0.05) is 65.9 Å². The molecule has 1 rings (SSSR count). The van der Waals surface area contributed by atoms with Crippen molar-refractivity contribution in [1.29, 1.82) is 0 Å². The molecule has 2 nitrogen and oxygen atoms in total. The minimum atomic E-state index is -0.0478. The summed E-state index contributed by atoms with van der Waals surface area (Å²) >= 11 is 0. The van der Waals surface area contributed by atoms with E-state index in [0.29, 0.717) is 13.2 Å². The summed E-state index contributed by atoms with van der Waals surface area (Å²) in [4.78, 5) is 0. The van der Waals surface area contributed by atoms with Crippen LogP contribution in [0.3, 0.4) is 0 Å². The van der Waals surface area contributed by atoms with Crippen LogP contribution in [-0.2, 0) is 16.1 Å². The highest BCUT2D eigenvalue weighted by atomic mass is 31.1. The van der Waals surface area contributed by atoms with E-state index >= 15 is 0 Å². The number of benzene rings is 1. The Morgan fingerprint density at radius 2 is 1.55 bits per heavy atom. The smallest absolute Gasteiger partial charge is 0.0785 e. The van der Waals surface area contributed by atoms with Crippen LogP contribution < -0.4 is 0 Å². The lowest BCUT2D eigenvalue weighted by Gasteiger charge is -2.27. The van der Waals surface area contributed by atoms with Crippen molar-refractivity contribution >= 4 is 7.92 Å². The second-order valence-electron chi connectivity index (χ2n) is 5.81. The van der Waals surface area contributed by atoms with E-state index in [1.165, 1.54) is 5.56 Å². The van der Waals surface area contributed by atoms with Gasteiger partial charge < -0.3 is 9.47 Å². The molecule has 0 aliphatic carbocycles. The zero-order valence-corrected chi connectivity index (χ0v) is 14.4. The van der Waals surface area contributed by atoms with Crippen molar-refractivity contribution in [3.63, 3.8) is 0 Å². The zero-order valence-electron chi connectivity index (χ0n) is 13.5. The summed E-state index contributed by atoms with van der Waals surface area (Å²) in [5.41, 5.74) is 2.66. The van der Waals surface area contributed by atoms with Crippen LogP contribution >= 0.6 is 7.92 Å². The van der Waals surface area contributed by atoms with Crippen molar-refractivity contribution in [3.8, 4) is 0 Å². The fraction of sp³-hybridized carbons (Fsp3) is 0.647. The highest BCUT2D eigenvalue weighted by molar-refractivity contribution is 7.58. The van der Waals surface area contributed by atoms with Gasteiger partial charge in [0.25, 0.3) is 0 Å². The van der Waals surface area contributed by atoms with Crippen molar-refractivity contribution in [3.05, 3.63) is 35.9 Å². The molecule has 1 aromatic rings. The largest absolute Gasteiger partial charge is 0.374 e. The SMILES string of the molecule is CC(COCc1ccccc1)OCP(C(C)C)C(C)C. The molecule has 0 amide bonds. The van der Waals surface area contributed by atoms with Crippen LogP contribution in [0.4, 0.5) is 0 Å². The van der Waals surface area contributed by atoms with Gasteiger partial charge in [-0.3, -0.25) is 0 Å². The van der Waals surface area contributed by atoms with Crippen molar-refractivity contribution in [1.82, 2.24) is 0 Å². The van der Waals surface area contributed by atoms with Crippen LogP contribution in [0.1, 0.15) is 40.2 Å². The van der Waals surface area contributed by atoms with Crippen molar-refractivity contribution in [2.45, 2.75) is 58.6 Å². The monoisotopic (exact) mass is 296 g/mol. The van der Waals surface area contributed by atoms with E-state index in [9.17, 15) is 0 Å². The number of rotatable bonds is 9. The normalized spacial score (nSPS) is 13.4. The quantitative estimate of drug-likeness (QED) is 0.606. The summed E-state index contributed by atoms with van der Waals surface area (Å²) in [6, 6.07) is 10.3. The summed E-state index contributed by atoms with van der Waals surface area (Å²) in [6.45, 7) is 12.6. The second kappa shape index (κ2) is 9.50. The van der Waals surface area contributed by atoms with Gasteiger partial charge in [0, 0.05) is 0 Å². The molecule has 0 aliphatic heterocycles. The topological polar surface area (TPSA) is 18.5 Å². The number of hydrogen-bond acceptors (Lipinski definition) is 2. The number of hydrogen-bond donors (Lipinski definition) is 0. The standard InChI is InChI=1S/C17H29O2P/c1-14(2)20(15(3)4)13-19-16(5)11-18-12-17-9-7-6-8-10-17/h6-10,14-16H,11-13H2,1-5H3. The molecule has 0 aliphatic rings. The fourth-order valence-corrected chi connectivity index (χ4v) is 4.29. The highest BCUT2D eigenvalue weighted by Crippen LogP contribution is 2.45. The van der Waals surface area contributed by atoms with Gasteiger partial charge in [-0.15, -0.1) is 0 Å². The van der Waals surface area contributed by atoms with Crippen molar-refractivity contribution in [2.24, 2.45) is 0 Å². The van der Waals surface area contributed by atoms with Crippen LogP contribution in [0.5, 0.6) is 0 Å². The van der Waals surface area contributed by atoms with Gasteiger partial charge in [0.05, 0.1) is 25.7 Å². The summed E-state index contributed by atoms with van der Waals surface area (Å²) in [5, 5.41) is 0. The third-order valence-electron chi connectivity index (χ3n) is 3.30. The van der Waals surface area contributed by atoms with E-state index in [2.05, 4.69) is 46.8 Å². The van der Waals surface area contributed by atoms with E-state index in [4.69, 9.17) is 9.47 Å². The number of ether oxygens (including phenoxy) is 2. The molecular formula is C17H29O2P. The van der Waals surface area contributed by atoms with E-state index in [0.717, 1.165) is 17.7 Å². The first kappa shape index (κ1) is 17.6. The molecule has 114 valence electrons. The van der Waals surface area contributed by atoms with Gasteiger partial charge in [-0.2, -0.15) is 0 Å². The predicted octanol–water partition coefficient (Wildman–Crippen LogP) is 4.86. The Balaban J connectivity index is 2.21. The van der Waals surface area contributed by atoms with Gasteiger partial charge in [0.1, 0.15) is 0 Å². The van der Waals surface area contributed by atoms with E-state index in [-0.39, 0.29) is 14.0 Å². The average molecular weight is 296 g/mol. The minimum Gasteiger partial charge on any atom is -0.374 e. The molecule has 0 heterocycles. The van der Waals surface area contributed by atoms with Crippen LogP contribution in [0, 0.1) is 0 Å². The Hall–Kier alpha value is -0.430. The van der Waals surface area contributed by atoms with E-state index < -0.39 is 0 Å². The summed E-state index contributed by atoms with van der Waals surface area (Å²) in [5.74, 6) is 0. The molecule has 0 saturated carbocycles. The zero-order chi connectivity index (χ0) is 15.0. The molecule has 0 bridgehead atoms. The minimum absolute atomic E-state index is 0.0478. The molecule has 0 spiro atoms. The van der Waals surface area contributed by atoms with Crippen molar-refractivity contribution in [2.75, 3.05) is 13.0 Å². The fourth-order valence-electron chi connectivity index (χ4n) is 2.07. The second-order valence-corrected chi connectivity index (χ2v) is 9.16. The molecule has 1 atom stereocenters. The summed E-state index contributed by atoms with van der Waals surface area (Å²) < 4.78 is 11.7. The molecule has 3 heteroatoms. The predicted molar refractivity (Wildman–Crippen MR) is 88.7 cm³/mol. The van der Waals surface area contributed by atoms with Crippen LogP contribution in [0.15, 0.2) is 30.3 Å². The molecule has 0 radical (unpaired) electrons. The van der Waals surface area contributed by atoms with Gasteiger partial charge in [0.15, 0.2) is 0 Å². The summed E-state index contributed by atoms with van der Waals surface area (Å²) in [6.07, 6.45) is 1.06. The van der Waals surface area contributed by atoms with Gasteiger partial charge in [-0.25, -0.2) is 0 Å². The Morgan fingerprint density at radius 3 is 2.10 bits per heavy atom. The lowest BCUT2D eigenvalue weighted by Crippen LogP contribution is -2.18. The molecule has 0 fully saturated rings. The highest BCUT2D eigenvalue weighted by Gasteiger charge is 2.17. The van der Waals surface area contributed by atoms with Crippen LogP contribution in [-0.4, -0.2) is 30.4 Å². The molecular weight excluding hydrogens is 267 g/mol. The van der Waals surface area contributed by atoms with Crippen LogP contribution in [0.2, 0.25) is 0 Å². The Bertz CT molecular complexity index is 343. The third-order valence-corrected chi connectivity index (χ3v) is 6.40. The molecule has 1 aromatic carbocycles. The first-order valence-corrected chi connectivity index (χ1v) is 9.16. The summed E-state index contributed by atoms with van der Waals surface area (Å²) in [7, 11) is -0.0478. The molecule has 1 unspecified atom stereocenters. The average Bonchev–Trinajstić information content (AvgIpc) is 2.39. The molecule has 20 heavy (non-hydrogen) atoms. The van der Waals surface area contributed by atoms with Crippen molar-refractivity contribution < 1.29 is 9.47 Å². The van der Waals surface area contributed by atoms with Gasteiger partial charge >= 0.3 is 0 Å². The Morgan fingerprint density at radius 1 is 0.950 bits per heavy atom. The lowest BCUT2D eigenvalue weighted by atomic mass is 10.2. The maximum Gasteiger partial charge on any atom is 0.0785 e. The first-order chi connectivity index (χ1) is 9.50. The first-order valence-electron chi connectivity index (χ1n) is 7.49. The lowest BCUT2D eigenvalue weighted by molar-refractivity contribution is 0.00471. The van der Waals surface area contributed by atoms with E-state index in [1.54, 1.807) is 0 Å². The maximum absolute atomic E-state index is 5.97. The van der Waals surface area contributed by atoms with Gasteiger partial charge in [-0.05, 0) is 23.8 Å². The molecule has 0 aromatic heterocycles. The van der Waals surface area contributed by atoms with Crippen LogP contribution in [0.25, 0.3) is 0 Å².